The van der Waals surface area contributed by atoms with Gasteiger partial charge in [-0.1, -0.05) is 0 Å². The molecule has 1 fully saturated rings. The Hall–Kier alpha value is -1.95. The molecule has 1 unspecified atom stereocenters. The van der Waals surface area contributed by atoms with Gasteiger partial charge in [0.05, 0.1) is 11.4 Å². The molecule has 20 heavy (non-hydrogen) atoms. The summed E-state index contributed by atoms with van der Waals surface area (Å²) >= 11 is 0. The van der Waals surface area contributed by atoms with Gasteiger partial charge in [-0.3, -0.25) is 4.68 Å². The van der Waals surface area contributed by atoms with Gasteiger partial charge >= 0.3 is 0 Å². The predicted octanol–water partition coefficient (Wildman–Crippen LogP) is 1.05. The Morgan fingerprint density at radius 2 is 2.25 bits per heavy atom. The van der Waals surface area contributed by atoms with Gasteiger partial charge in [0.1, 0.15) is 0 Å². The summed E-state index contributed by atoms with van der Waals surface area (Å²) in [6.07, 6.45) is 5.95. The minimum Gasteiger partial charge on any atom is -0.340 e. The summed E-state index contributed by atoms with van der Waals surface area (Å²) in [5.41, 5.74) is 7.70. The van der Waals surface area contributed by atoms with Crippen LogP contribution in [0.3, 0.4) is 0 Å². The van der Waals surface area contributed by atoms with E-state index in [1.807, 2.05) is 30.1 Å². The molecule has 0 spiro atoms. The van der Waals surface area contributed by atoms with E-state index in [1.54, 1.807) is 6.20 Å². The number of anilines is 1. The van der Waals surface area contributed by atoms with Crippen molar-refractivity contribution in [2.24, 2.45) is 18.7 Å². The van der Waals surface area contributed by atoms with Gasteiger partial charge < -0.3 is 10.6 Å². The molecule has 1 aliphatic heterocycles. The van der Waals surface area contributed by atoms with Crippen molar-refractivity contribution in [2.75, 3.05) is 24.5 Å². The van der Waals surface area contributed by atoms with Crippen molar-refractivity contribution in [1.82, 2.24) is 19.7 Å². The van der Waals surface area contributed by atoms with Crippen molar-refractivity contribution in [3.05, 3.63) is 24.5 Å². The van der Waals surface area contributed by atoms with Gasteiger partial charge in [0.25, 0.3) is 0 Å². The molecule has 0 radical (unpaired) electrons. The normalized spacial score (nSPS) is 19.3. The van der Waals surface area contributed by atoms with E-state index < -0.39 is 0 Å². The standard InChI is InChI=1S/C14H20N6/c1-19-13(5-7-17-19)12-4-6-16-14(18-12)20-8-2-3-11(9-15)10-20/h4-7,11H,2-3,8-10,15H2,1H3. The first kappa shape index (κ1) is 13.1. The third-order valence-corrected chi connectivity index (χ3v) is 3.86. The lowest BCUT2D eigenvalue weighted by Gasteiger charge is -2.32. The summed E-state index contributed by atoms with van der Waals surface area (Å²) < 4.78 is 1.82. The number of aryl methyl sites for hydroxylation is 1. The fraction of sp³-hybridized carbons (Fsp3) is 0.500. The van der Waals surface area contributed by atoms with E-state index in [0.29, 0.717) is 5.92 Å². The number of piperidine rings is 1. The van der Waals surface area contributed by atoms with Crippen LogP contribution in [-0.2, 0) is 7.05 Å². The highest BCUT2D eigenvalue weighted by Crippen LogP contribution is 2.22. The van der Waals surface area contributed by atoms with Crippen molar-refractivity contribution in [3.63, 3.8) is 0 Å². The second-order valence-electron chi connectivity index (χ2n) is 5.27. The van der Waals surface area contributed by atoms with Gasteiger partial charge in [-0.05, 0) is 37.4 Å². The molecule has 2 aromatic heterocycles. The molecule has 106 valence electrons. The van der Waals surface area contributed by atoms with E-state index in [4.69, 9.17) is 5.73 Å². The van der Waals surface area contributed by atoms with Gasteiger partial charge in [0.2, 0.25) is 5.95 Å². The third kappa shape index (κ3) is 2.51. The zero-order chi connectivity index (χ0) is 13.9. The summed E-state index contributed by atoms with van der Waals surface area (Å²) in [5, 5.41) is 4.19. The zero-order valence-corrected chi connectivity index (χ0v) is 11.7. The number of nitrogens with zero attached hydrogens (tertiary/aromatic N) is 5. The summed E-state index contributed by atoms with van der Waals surface area (Å²) in [6, 6.07) is 3.88. The number of nitrogens with two attached hydrogens (primary N) is 1. The first-order chi connectivity index (χ1) is 9.78. The first-order valence-corrected chi connectivity index (χ1v) is 7.04. The monoisotopic (exact) mass is 272 g/mol. The molecule has 1 saturated heterocycles. The quantitative estimate of drug-likeness (QED) is 0.904. The maximum atomic E-state index is 5.79. The van der Waals surface area contributed by atoms with E-state index in [2.05, 4.69) is 20.0 Å². The minimum atomic E-state index is 0.549. The second-order valence-corrected chi connectivity index (χ2v) is 5.27. The van der Waals surface area contributed by atoms with E-state index in [1.165, 1.54) is 6.42 Å². The number of hydrogen-bond acceptors (Lipinski definition) is 5. The van der Waals surface area contributed by atoms with Crippen molar-refractivity contribution in [2.45, 2.75) is 12.8 Å². The Kier molecular flexibility index (Phi) is 3.64. The Labute approximate surface area is 118 Å². The molecule has 0 saturated carbocycles. The molecule has 6 heteroatoms. The fourth-order valence-corrected chi connectivity index (χ4v) is 2.71. The lowest BCUT2D eigenvalue weighted by Crippen LogP contribution is -2.39. The zero-order valence-electron chi connectivity index (χ0n) is 11.7. The van der Waals surface area contributed by atoms with Gasteiger partial charge in [-0.15, -0.1) is 0 Å². The average Bonchev–Trinajstić information content (AvgIpc) is 2.94. The Morgan fingerprint density at radius 1 is 1.35 bits per heavy atom. The topological polar surface area (TPSA) is 72.9 Å². The van der Waals surface area contributed by atoms with Crippen LogP contribution < -0.4 is 10.6 Å². The second kappa shape index (κ2) is 5.58. The van der Waals surface area contributed by atoms with Crippen molar-refractivity contribution in [3.8, 4) is 11.4 Å². The molecule has 1 atom stereocenters. The number of hydrogen-bond donors (Lipinski definition) is 1. The highest BCUT2D eigenvalue weighted by atomic mass is 15.3. The minimum absolute atomic E-state index is 0.549. The summed E-state index contributed by atoms with van der Waals surface area (Å²) in [5.74, 6) is 1.34. The molecule has 2 N–H and O–H groups in total. The van der Waals surface area contributed by atoms with E-state index >= 15 is 0 Å². The van der Waals surface area contributed by atoms with Crippen molar-refractivity contribution in [1.29, 1.82) is 0 Å². The van der Waals surface area contributed by atoms with Crippen molar-refractivity contribution >= 4 is 5.95 Å². The van der Waals surface area contributed by atoms with Gasteiger partial charge in [0, 0.05) is 32.5 Å². The molecule has 2 aromatic rings. The van der Waals surface area contributed by atoms with E-state index in [9.17, 15) is 0 Å². The summed E-state index contributed by atoms with van der Waals surface area (Å²) in [6.45, 7) is 2.69. The lowest BCUT2D eigenvalue weighted by atomic mass is 9.99. The third-order valence-electron chi connectivity index (χ3n) is 3.86. The van der Waals surface area contributed by atoms with Crippen LogP contribution in [0.4, 0.5) is 5.95 Å². The number of aromatic nitrogens is 4. The molecular formula is C14H20N6. The molecule has 3 rings (SSSR count). The van der Waals surface area contributed by atoms with Crippen LogP contribution in [0.25, 0.3) is 11.4 Å². The molecule has 6 nitrogen and oxygen atoms in total. The van der Waals surface area contributed by atoms with Crippen LogP contribution in [-0.4, -0.2) is 39.4 Å². The van der Waals surface area contributed by atoms with Crippen molar-refractivity contribution < 1.29 is 0 Å². The summed E-state index contributed by atoms with van der Waals surface area (Å²) in [4.78, 5) is 11.3. The first-order valence-electron chi connectivity index (χ1n) is 7.04. The maximum Gasteiger partial charge on any atom is 0.225 e. The largest absolute Gasteiger partial charge is 0.340 e. The Balaban J connectivity index is 1.86. The molecule has 1 aliphatic rings. The Morgan fingerprint density at radius 3 is 3.00 bits per heavy atom. The van der Waals surface area contributed by atoms with Crippen LogP contribution in [0.15, 0.2) is 24.5 Å². The molecule has 0 aromatic carbocycles. The Bertz CT molecular complexity index is 579. The van der Waals surface area contributed by atoms with Crippen LogP contribution in [0.5, 0.6) is 0 Å². The highest BCUT2D eigenvalue weighted by Gasteiger charge is 2.21. The number of rotatable bonds is 3. The molecule has 0 amide bonds. The lowest BCUT2D eigenvalue weighted by molar-refractivity contribution is 0.419. The molecule has 0 bridgehead atoms. The molecular weight excluding hydrogens is 252 g/mol. The van der Waals surface area contributed by atoms with E-state index in [0.717, 1.165) is 43.4 Å². The van der Waals surface area contributed by atoms with Crippen LogP contribution in [0.1, 0.15) is 12.8 Å². The predicted molar refractivity (Wildman–Crippen MR) is 78.2 cm³/mol. The van der Waals surface area contributed by atoms with Gasteiger partial charge in [0.15, 0.2) is 0 Å². The van der Waals surface area contributed by atoms with Gasteiger partial charge in [-0.2, -0.15) is 5.10 Å². The maximum absolute atomic E-state index is 5.79. The smallest absolute Gasteiger partial charge is 0.225 e. The van der Waals surface area contributed by atoms with Gasteiger partial charge in [-0.25, -0.2) is 9.97 Å². The van der Waals surface area contributed by atoms with E-state index in [-0.39, 0.29) is 0 Å². The molecule has 0 aliphatic carbocycles. The van der Waals surface area contributed by atoms with Crippen LogP contribution in [0.2, 0.25) is 0 Å². The highest BCUT2D eigenvalue weighted by molar-refractivity contribution is 5.55. The average molecular weight is 272 g/mol. The van der Waals surface area contributed by atoms with Crippen LogP contribution in [0, 0.1) is 5.92 Å². The SMILES string of the molecule is Cn1nccc1-c1ccnc(N2CCCC(CN)C2)n1. The fourth-order valence-electron chi connectivity index (χ4n) is 2.71. The summed E-state index contributed by atoms with van der Waals surface area (Å²) in [7, 11) is 1.92. The van der Waals surface area contributed by atoms with Crippen LogP contribution >= 0.6 is 0 Å². The molecule has 3 heterocycles.